The van der Waals surface area contributed by atoms with Crippen LogP contribution in [0.25, 0.3) is 0 Å². The summed E-state index contributed by atoms with van der Waals surface area (Å²) in [5.41, 5.74) is 6.38. The van der Waals surface area contributed by atoms with Crippen molar-refractivity contribution >= 4 is 23.2 Å². The Kier molecular flexibility index (Phi) is 4.06. The second-order valence-corrected chi connectivity index (χ2v) is 5.56. The summed E-state index contributed by atoms with van der Waals surface area (Å²) in [5.74, 6) is -0.0970. The van der Waals surface area contributed by atoms with Crippen LogP contribution in [0, 0.1) is 0 Å². The Morgan fingerprint density at radius 3 is 2.76 bits per heavy atom. The van der Waals surface area contributed by atoms with Crippen LogP contribution in [0.2, 0.25) is 0 Å². The lowest BCUT2D eigenvalue weighted by Gasteiger charge is -2.42. The zero-order valence-corrected chi connectivity index (χ0v) is 12.6. The van der Waals surface area contributed by atoms with Crippen molar-refractivity contribution in [3.8, 4) is 5.75 Å². The van der Waals surface area contributed by atoms with Crippen molar-refractivity contribution in [2.75, 3.05) is 23.8 Å². The molecule has 2 rings (SSSR count). The fourth-order valence-electron chi connectivity index (χ4n) is 2.27. The van der Waals surface area contributed by atoms with E-state index in [-0.39, 0.29) is 18.4 Å². The summed E-state index contributed by atoms with van der Waals surface area (Å²) in [4.78, 5) is 25.4. The lowest BCUT2D eigenvalue weighted by molar-refractivity contribution is -0.135. The van der Waals surface area contributed by atoms with E-state index >= 15 is 0 Å². The third kappa shape index (κ3) is 2.79. The molecule has 6 heteroatoms. The molecule has 1 aliphatic rings. The molecule has 21 heavy (non-hydrogen) atoms. The summed E-state index contributed by atoms with van der Waals surface area (Å²) < 4.78 is 5.60. The van der Waals surface area contributed by atoms with Gasteiger partial charge >= 0.3 is 0 Å². The van der Waals surface area contributed by atoms with Crippen molar-refractivity contribution in [2.45, 2.75) is 32.7 Å². The van der Waals surface area contributed by atoms with Crippen molar-refractivity contribution in [3.05, 3.63) is 18.2 Å². The molecule has 6 nitrogen and oxygen atoms in total. The summed E-state index contributed by atoms with van der Waals surface area (Å²) >= 11 is 0. The second-order valence-electron chi connectivity index (χ2n) is 5.56. The summed E-state index contributed by atoms with van der Waals surface area (Å²) in [6.07, 6.45) is 0.875. The van der Waals surface area contributed by atoms with E-state index in [2.05, 4.69) is 5.32 Å². The Bertz CT molecular complexity index is 569. The van der Waals surface area contributed by atoms with Crippen molar-refractivity contribution in [1.82, 2.24) is 5.32 Å². The summed E-state index contributed by atoms with van der Waals surface area (Å²) in [7, 11) is 0. The van der Waals surface area contributed by atoms with E-state index in [4.69, 9.17) is 10.5 Å². The van der Waals surface area contributed by atoms with E-state index in [1.807, 2.05) is 13.0 Å². The van der Waals surface area contributed by atoms with Gasteiger partial charge in [-0.15, -0.1) is 0 Å². The zero-order chi connectivity index (χ0) is 15.6. The molecule has 0 radical (unpaired) electrons. The molecule has 0 saturated carbocycles. The lowest BCUT2D eigenvalue weighted by Crippen LogP contribution is -2.64. The van der Waals surface area contributed by atoms with Crippen LogP contribution in [-0.2, 0) is 9.59 Å². The first-order chi connectivity index (χ1) is 9.87. The average Bonchev–Trinajstić information content (AvgIpc) is 2.42. The van der Waals surface area contributed by atoms with Crippen LogP contribution in [-0.4, -0.2) is 30.5 Å². The summed E-state index contributed by atoms with van der Waals surface area (Å²) in [6.45, 7) is 6.18. The van der Waals surface area contributed by atoms with Gasteiger partial charge in [-0.3, -0.25) is 14.9 Å². The van der Waals surface area contributed by atoms with E-state index in [1.165, 1.54) is 0 Å². The largest absolute Gasteiger partial charge is 0.491 e. The number of carbonyl (C=O) groups excluding carboxylic acids is 2. The lowest BCUT2D eigenvalue weighted by atomic mass is 9.97. The van der Waals surface area contributed by atoms with Gasteiger partial charge in [-0.25, -0.2) is 0 Å². The van der Waals surface area contributed by atoms with Crippen LogP contribution in [0.15, 0.2) is 18.2 Å². The predicted octanol–water partition coefficient (Wildman–Crippen LogP) is 1.30. The number of hydrogen-bond donors (Lipinski definition) is 2. The Hall–Kier alpha value is -2.24. The number of nitrogens with zero attached hydrogens (tertiary/aromatic N) is 1. The van der Waals surface area contributed by atoms with Crippen molar-refractivity contribution in [3.63, 3.8) is 0 Å². The molecule has 1 saturated heterocycles. The number of carbonyl (C=O) groups is 2. The van der Waals surface area contributed by atoms with Crippen molar-refractivity contribution < 1.29 is 14.3 Å². The third-order valence-corrected chi connectivity index (χ3v) is 3.58. The van der Waals surface area contributed by atoms with Gasteiger partial charge < -0.3 is 15.4 Å². The standard InChI is InChI=1S/C15H21N3O3/c1-4-8-21-11-7-5-6-10(13(11)16)18-9-12(19)17-14(20)15(18,2)3/h5-7H,4,8-9,16H2,1-3H3,(H,17,19,20). The highest BCUT2D eigenvalue weighted by Crippen LogP contribution is 2.36. The molecule has 114 valence electrons. The molecule has 1 fully saturated rings. The van der Waals surface area contributed by atoms with Crippen LogP contribution in [0.1, 0.15) is 27.2 Å². The number of nitrogen functional groups attached to an aromatic ring is 1. The summed E-state index contributed by atoms with van der Waals surface area (Å²) in [6, 6.07) is 5.39. The van der Waals surface area contributed by atoms with Crippen LogP contribution in [0.3, 0.4) is 0 Å². The van der Waals surface area contributed by atoms with Gasteiger partial charge in [0.25, 0.3) is 5.91 Å². The number of ether oxygens (including phenoxy) is 1. The first-order valence-corrected chi connectivity index (χ1v) is 7.01. The fraction of sp³-hybridized carbons (Fsp3) is 0.467. The number of hydrogen-bond acceptors (Lipinski definition) is 5. The van der Waals surface area contributed by atoms with Gasteiger partial charge in [0.1, 0.15) is 11.3 Å². The summed E-state index contributed by atoms with van der Waals surface area (Å²) in [5, 5.41) is 2.35. The molecule has 1 aromatic rings. The maximum atomic E-state index is 12.0. The maximum Gasteiger partial charge on any atom is 0.251 e. The molecule has 0 bridgehead atoms. The van der Waals surface area contributed by atoms with Gasteiger partial charge in [-0.2, -0.15) is 0 Å². The quantitative estimate of drug-likeness (QED) is 0.645. The molecule has 0 aromatic heterocycles. The Balaban J connectivity index is 2.40. The monoisotopic (exact) mass is 291 g/mol. The Morgan fingerprint density at radius 2 is 2.10 bits per heavy atom. The average molecular weight is 291 g/mol. The second kappa shape index (κ2) is 5.63. The highest BCUT2D eigenvalue weighted by molar-refractivity contribution is 6.07. The molecule has 1 aliphatic heterocycles. The molecule has 0 spiro atoms. The van der Waals surface area contributed by atoms with E-state index in [0.29, 0.717) is 23.7 Å². The minimum absolute atomic E-state index is 0.0835. The minimum atomic E-state index is -0.856. The Labute approximate surface area is 124 Å². The van der Waals surface area contributed by atoms with Gasteiger partial charge in [-0.05, 0) is 32.4 Å². The number of nitrogens with one attached hydrogen (secondary N) is 1. The zero-order valence-electron chi connectivity index (χ0n) is 12.6. The fourth-order valence-corrected chi connectivity index (χ4v) is 2.27. The number of imide groups is 1. The topological polar surface area (TPSA) is 84.7 Å². The van der Waals surface area contributed by atoms with E-state index in [0.717, 1.165) is 6.42 Å². The normalized spacial score (nSPS) is 17.6. The predicted molar refractivity (Wildman–Crippen MR) is 81.2 cm³/mol. The van der Waals surface area contributed by atoms with Gasteiger partial charge in [0, 0.05) is 0 Å². The van der Waals surface area contributed by atoms with Crippen LogP contribution in [0.4, 0.5) is 11.4 Å². The van der Waals surface area contributed by atoms with Gasteiger partial charge in [0.2, 0.25) is 5.91 Å². The van der Waals surface area contributed by atoms with Gasteiger partial charge in [0.15, 0.2) is 0 Å². The van der Waals surface area contributed by atoms with Crippen molar-refractivity contribution in [2.24, 2.45) is 0 Å². The maximum absolute atomic E-state index is 12.0. The van der Waals surface area contributed by atoms with E-state index in [1.54, 1.807) is 30.9 Å². The number of para-hydroxylation sites is 1. The van der Waals surface area contributed by atoms with Crippen molar-refractivity contribution in [1.29, 1.82) is 0 Å². The number of anilines is 2. The van der Waals surface area contributed by atoms with Crippen LogP contribution in [0.5, 0.6) is 5.75 Å². The molecule has 3 N–H and O–H groups in total. The third-order valence-electron chi connectivity index (χ3n) is 3.58. The first kappa shape index (κ1) is 15.2. The minimum Gasteiger partial charge on any atom is -0.491 e. The molecule has 2 amide bonds. The number of amides is 2. The highest BCUT2D eigenvalue weighted by atomic mass is 16.5. The molecular weight excluding hydrogens is 270 g/mol. The number of nitrogens with two attached hydrogens (primary N) is 1. The molecule has 1 heterocycles. The molecule has 0 aliphatic carbocycles. The smallest absolute Gasteiger partial charge is 0.251 e. The molecule has 0 atom stereocenters. The molecule has 0 unspecified atom stereocenters. The van der Waals surface area contributed by atoms with E-state index < -0.39 is 5.54 Å². The van der Waals surface area contributed by atoms with Crippen LogP contribution < -0.4 is 20.7 Å². The van der Waals surface area contributed by atoms with Gasteiger partial charge in [0.05, 0.1) is 24.5 Å². The number of benzene rings is 1. The molecule has 1 aromatic carbocycles. The SMILES string of the molecule is CCCOc1cccc(N2CC(=O)NC(=O)C2(C)C)c1N. The molecular formula is C15H21N3O3. The van der Waals surface area contributed by atoms with Crippen LogP contribution >= 0.6 is 0 Å². The Morgan fingerprint density at radius 1 is 1.38 bits per heavy atom. The van der Waals surface area contributed by atoms with Gasteiger partial charge in [-0.1, -0.05) is 13.0 Å². The number of piperazine rings is 1. The highest BCUT2D eigenvalue weighted by Gasteiger charge is 2.41. The first-order valence-electron chi connectivity index (χ1n) is 7.01. The number of rotatable bonds is 4. The van der Waals surface area contributed by atoms with E-state index in [9.17, 15) is 9.59 Å².